The van der Waals surface area contributed by atoms with Gasteiger partial charge in [0.2, 0.25) is 0 Å². The van der Waals surface area contributed by atoms with E-state index >= 15 is 0 Å². The second-order valence-corrected chi connectivity index (χ2v) is 5.95. The molecule has 0 aromatic carbocycles. The maximum absolute atomic E-state index is 12.2. The largest absolute Gasteiger partial charge is 0.376 e. The first-order valence-corrected chi connectivity index (χ1v) is 7.30. The molecule has 4 heteroatoms. The summed E-state index contributed by atoms with van der Waals surface area (Å²) in [5.74, 6) is 0.293. The van der Waals surface area contributed by atoms with Crippen LogP contribution in [0.25, 0.3) is 0 Å². The maximum atomic E-state index is 12.2. The number of rotatable bonds is 5. The zero-order chi connectivity index (χ0) is 14.8. The van der Waals surface area contributed by atoms with Gasteiger partial charge < -0.3 is 10.1 Å². The Balaban J connectivity index is 2.01. The molecule has 1 aliphatic rings. The molecule has 1 aromatic heterocycles. The summed E-state index contributed by atoms with van der Waals surface area (Å²) in [5.41, 5.74) is 1.42. The Morgan fingerprint density at radius 3 is 2.45 bits per heavy atom. The van der Waals surface area contributed by atoms with Gasteiger partial charge in [-0.2, -0.15) is 0 Å². The van der Waals surface area contributed by atoms with Crippen molar-refractivity contribution in [2.24, 2.45) is 0 Å². The van der Waals surface area contributed by atoms with Gasteiger partial charge >= 0.3 is 0 Å². The molecule has 0 bridgehead atoms. The van der Waals surface area contributed by atoms with Crippen LogP contribution in [0.1, 0.15) is 62.0 Å². The SMILES string of the molecule is COC1(C(C)NC(=O)c2ccc(C(C)C)cn2)CCC1. The third-order valence-corrected chi connectivity index (χ3v) is 4.43. The molecule has 2 rings (SSSR count). The number of nitrogens with one attached hydrogen (secondary N) is 1. The Labute approximate surface area is 120 Å². The van der Waals surface area contributed by atoms with Crippen LogP contribution in [-0.4, -0.2) is 29.6 Å². The lowest BCUT2D eigenvalue weighted by Crippen LogP contribution is -2.56. The predicted octanol–water partition coefficient (Wildman–Crippen LogP) is 2.89. The van der Waals surface area contributed by atoms with E-state index in [-0.39, 0.29) is 17.6 Å². The van der Waals surface area contributed by atoms with E-state index in [9.17, 15) is 4.79 Å². The van der Waals surface area contributed by atoms with E-state index in [0.717, 1.165) is 24.8 Å². The van der Waals surface area contributed by atoms with Gasteiger partial charge in [0.1, 0.15) is 5.69 Å². The highest BCUT2D eigenvalue weighted by Crippen LogP contribution is 2.37. The fraction of sp³-hybridized carbons (Fsp3) is 0.625. The molecule has 1 fully saturated rings. The highest BCUT2D eigenvalue weighted by molar-refractivity contribution is 5.92. The van der Waals surface area contributed by atoms with Crippen LogP contribution < -0.4 is 5.32 Å². The Morgan fingerprint density at radius 2 is 2.05 bits per heavy atom. The summed E-state index contributed by atoms with van der Waals surface area (Å²) in [4.78, 5) is 16.5. The van der Waals surface area contributed by atoms with Crippen molar-refractivity contribution in [3.63, 3.8) is 0 Å². The molecule has 1 amide bonds. The molecule has 20 heavy (non-hydrogen) atoms. The molecule has 1 atom stereocenters. The molecule has 0 spiro atoms. The van der Waals surface area contributed by atoms with Crippen molar-refractivity contribution in [3.05, 3.63) is 29.6 Å². The first-order valence-electron chi connectivity index (χ1n) is 7.30. The third-order valence-electron chi connectivity index (χ3n) is 4.43. The van der Waals surface area contributed by atoms with Crippen molar-refractivity contribution in [1.29, 1.82) is 0 Å². The number of hydrogen-bond donors (Lipinski definition) is 1. The maximum Gasteiger partial charge on any atom is 0.270 e. The van der Waals surface area contributed by atoms with Crippen LogP contribution in [0.4, 0.5) is 0 Å². The normalized spacial score (nSPS) is 18.4. The number of amides is 1. The summed E-state index contributed by atoms with van der Waals surface area (Å²) in [7, 11) is 1.72. The molecule has 1 N–H and O–H groups in total. The molecular formula is C16H24N2O2. The molecule has 1 aromatic rings. The lowest BCUT2D eigenvalue weighted by atomic mass is 9.75. The minimum atomic E-state index is -0.187. The van der Waals surface area contributed by atoms with Crippen molar-refractivity contribution in [2.45, 2.75) is 57.6 Å². The van der Waals surface area contributed by atoms with Crippen molar-refractivity contribution in [2.75, 3.05) is 7.11 Å². The van der Waals surface area contributed by atoms with Crippen LogP contribution in [0.2, 0.25) is 0 Å². The molecule has 0 aliphatic heterocycles. The number of nitrogens with zero attached hydrogens (tertiary/aromatic N) is 1. The fourth-order valence-electron chi connectivity index (χ4n) is 2.62. The Kier molecular flexibility index (Phi) is 4.43. The zero-order valence-electron chi connectivity index (χ0n) is 12.8. The third kappa shape index (κ3) is 2.85. The number of carbonyl (C=O) groups is 1. The second-order valence-electron chi connectivity index (χ2n) is 5.95. The van der Waals surface area contributed by atoms with Crippen LogP contribution in [0.5, 0.6) is 0 Å². The monoisotopic (exact) mass is 276 g/mol. The molecule has 0 radical (unpaired) electrons. The lowest BCUT2D eigenvalue weighted by molar-refractivity contribution is -0.0919. The van der Waals surface area contributed by atoms with Crippen molar-refractivity contribution in [1.82, 2.24) is 10.3 Å². The Bertz CT molecular complexity index is 458. The van der Waals surface area contributed by atoms with Crippen LogP contribution in [-0.2, 0) is 4.74 Å². The van der Waals surface area contributed by atoms with Crippen LogP contribution in [0.15, 0.2) is 18.3 Å². The number of methoxy groups -OCH3 is 1. The molecule has 1 heterocycles. The predicted molar refractivity (Wildman–Crippen MR) is 78.8 cm³/mol. The molecule has 1 unspecified atom stereocenters. The smallest absolute Gasteiger partial charge is 0.270 e. The number of carbonyl (C=O) groups excluding carboxylic acids is 1. The zero-order valence-corrected chi connectivity index (χ0v) is 12.8. The topological polar surface area (TPSA) is 51.2 Å². The van der Waals surface area contributed by atoms with Crippen molar-refractivity contribution >= 4 is 5.91 Å². The standard InChI is InChI=1S/C16H24N2O2/c1-11(2)13-6-7-14(17-10-13)15(19)18-12(3)16(20-4)8-5-9-16/h6-7,10-12H,5,8-9H2,1-4H3,(H,18,19). The second kappa shape index (κ2) is 5.92. The van der Waals surface area contributed by atoms with E-state index < -0.39 is 0 Å². The highest BCUT2D eigenvalue weighted by Gasteiger charge is 2.42. The minimum Gasteiger partial charge on any atom is -0.376 e. The van der Waals surface area contributed by atoms with Gasteiger partial charge in [-0.1, -0.05) is 19.9 Å². The van der Waals surface area contributed by atoms with Crippen molar-refractivity contribution < 1.29 is 9.53 Å². The van der Waals surface area contributed by atoms with E-state index in [1.165, 1.54) is 0 Å². The minimum absolute atomic E-state index is 0.000301. The van der Waals surface area contributed by atoms with Gasteiger partial charge in [-0.15, -0.1) is 0 Å². The Morgan fingerprint density at radius 1 is 1.35 bits per heavy atom. The summed E-state index contributed by atoms with van der Waals surface area (Å²) in [6, 6.07) is 3.75. The lowest BCUT2D eigenvalue weighted by Gasteiger charge is -2.45. The van der Waals surface area contributed by atoms with Crippen LogP contribution >= 0.6 is 0 Å². The van der Waals surface area contributed by atoms with Gasteiger partial charge in [0.25, 0.3) is 5.91 Å². The highest BCUT2D eigenvalue weighted by atomic mass is 16.5. The summed E-state index contributed by atoms with van der Waals surface area (Å²) in [5, 5.41) is 3.01. The summed E-state index contributed by atoms with van der Waals surface area (Å²) < 4.78 is 5.59. The summed E-state index contributed by atoms with van der Waals surface area (Å²) in [6.45, 7) is 6.22. The van der Waals surface area contributed by atoms with Gasteiger partial charge in [0, 0.05) is 13.3 Å². The first kappa shape index (κ1) is 15.0. The van der Waals surface area contributed by atoms with Gasteiger partial charge in [0.05, 0.1) is 11.6 Å². The first-order chi connectivity index (χ1) is 9.48. The molecular weight excluding hydrogens is 252 g/mol. The summed E-state index contributed by atoms with van der Waals surface area (Å²) >= 11 is 0. The van der Waals surface area contributed by atoms with Gasteiger partial charge in [0.15, 0.2) is 0 Å². The van der Waals surface area contributed by atoms with Gasteiger partial charge in [-0.3, -0.25) is 9.78 Å². The van der Waals surface area contributed by atoms with E-state index in [2.05, 4.69) is 24.1 Å². The van der Waals surface area contributed by atoms with E-state index in [4.69, 9.17) is 4.74 Å². The number of pyridine rings is 1. The van der Waals surface area contributed by atoms with Crippen LogP contribution in [0.3, 0.4) is 0 Å². The number of aromatic nitrogens is 1. The molecule has 1 saturated carbocycles. The Hall–Kier alpha value is -1.42. The fourth-order valence-corrected chi connectivity index (χ4v) is 2.62. The molecule has 4 nitrogen and oxygen atoms in total. The van der Waals surface area contributed by atoms with E-state index in [1.54, 1.807) is 19.4 Å². The van der Waals surface area contributed by atoms with Gasteiger partial charge in [-0.25, -0.2) is 0 Å². The summed E-state index contributed by atoms with van der Waals surface area (Å²) in [6.07, 6.45) is 4.95. The van der Waals surface area contributed by atoms with Crippen LogP contribution in [0, 0.1) is 0 Å². The average molecular weight is 276 g/mol. The number of ether oxygens (including phenoxy) is 1. The molecule has 0 saturated heterocycles. The van der Waals surface area contributed by atoms with Gasteiger partial charge in [-0.05, 0) is 43.7 Å². The number of hydrogen-bond acceptors (Lipinski definition) is 3. The quantitative estimate of drug-likeness (QED) is 0.899. The average Bonchev–Trinajstić information content (AvgIpc) is 2.38. The molecule has 1 aliphatic carbocycles. The van der Waals surface area contributed by atoms with Crippen molar-refractivity contribution in [3.8, 4) is 0 Å². The van der Waals surface area contributed by atoms with E-state index in [1.807, 2.05) is 13.0 Å². The van der Waals surface area contributed by atoms with E-state index in [0.29, 0.717) is 11.6 Å². The molecule has 110 valence electrons.